The van der Waals surface area contributed by atoms with Crippen molar-refractivity contribution in [2.45, 2.75) is 25.7 Å². The number of nitrogens with zero attached hydrogens (tertiary/aromatic N) is 2. The van der Waals surface area contributed by atoms with Crippen LogP contribution in [0, 0.1) is 20.8 Å². The highest BCUT2D eigenvalue weighted by Crippen LogP contribution is 2.24. The van der Waals surface area contributed by atoms with Gasteiger partial charge >= 0.3 is 0 Å². The largest absolute Gasteiger partial charge is 0.342 e. The van der Waals surface area contributed by atoms with E-state index in [4.69, 9.17) is 0 Å². The van der Waals surface area contributed by atoms with E-state index < -0.39 is 10.0 Å². The first kappa shape index (κ1) is 20.9. The first-order valence-corrected chi connectivity index (χ1v) is 10.9. The quantitative estimate of drug-likeness (QED) is 0.760. The van der Waals surface area contributed by atoms with E-state index in [-0.39, 0.29) is 10.8 Å². The number of amides is 2. The second kappa shape index (κ2) is 8.24. The fourth-order valence-corrected chi connectivity index (χ4v) is 4.77. The number of carbonyl (C=O) groups excluding carboxylic acids is 2. The van der Waals surface area contributed by atoms with Crippen LogP contribution in [0.15, 0.2) is 41.3 Å². The summed E-state index contributed by atoms with van der Waals surface area (Å²) >= 11 is 0. The Hall–Kier alpha value is -2.87. The molecule has 0 aliphatic carbocycles. The summed E-state index contributed by atoms with van der Waals surface area (Å²) in [6, 6.07) is 10.2. The summed E-state index contributed by atoms with van der Waals surface area (Å²) in [6.45, 7) is 7.29. The van der Waals surface area contributed by atoms with Crippen molar-refractivity contribution in [3.63, 3.8) is 0 Å². The van der Waals surface area contributed by atoms with Gasteiger partial charge in [0.05, 0.1) is 10.6 Å². The fraction of sp³-hybridized carbons (Fsp3) is 0.333. The maximum Gasteiger partial charge on any atom is 0.262 e. The number of hydrogen-bond donors (Lipinski definition) is 1. The number of piperazine rings is 1. The number of benzene rings is 2. The van der Waals surface area contributed by atoms with Crippen molar-refractivity contribution < 1.29 is 18.0 Å². The highest BCUT2D eigenvalue weighted by Gasteiger charge is 2.24. The van der Waals surface area contributed by atoms with Gasteiger partial charge in [0.15, 0.2) is 0 Å². The Balaban J connectivity index is 1.86. The molecule has 1 N–H and O–H groups in total. The third-order valence-electron chi connectivity index (χ3n) is 5.10. The predicted octanol–water partition coefficient (Wildman–Crippen LogP) is 2.33. The van der Waals surface area contributed by atoms with Crippen LogP contribution in [0.25, 0.3) is 0 Å². The molecule has 2 amide bonds. The molecule has 0 unspecified atom stereocenters. The smallest absolute Gasteiger partial charge is 0.262 e. The number of nitrogens with one attached hydrogen (secondary N) is 1. The van der Waals surface area contributed by atoms with Gasteiger partial charge in [-0.2, -0.15) is 0 Å². The second-order valence-corrected chi connectivity index (χ2v) is 8.99. The molecule has 0 radical (unpaired) electrons. The van der Waals surface area contributed by atoms with Crippen molar-refractivity contribution in [2.24, 2.45) is 0 Å². The highest BCUT2D eigenvalue weighted by molar-refractivity contribution is 7.92. The second-order valence-electron chi connectivity index (χ2n) is 7.34. The lowest BCUT2D eigenvalue weighted by Crippen LogP contribution is -2.48. The van der Waals surface area contributed by atoms with Gasteiger partial charge in [-0.05, 0) is 50.1 Å². The van der Waals surface area contributed by atoms with Crippen molar-refractivity contribution in [3.05, 3.63) is 58.7 Å². The summed E-state index contributed by atoms with van der Waals surface area (Å²) in [5, 5.41) is 0. The van der Waals surface area contributed by atoms with Crippen LogP contribution in [-0.4, -0.2) is 56.7 Å². The number of carbonyl (C=O) groups is 2. The van der Waals surface area contributed by atoms with Crippen LogP contribution in [0.2, 0.25) is 0 Å². The van der Waals surface area contributed by atoms with Gasteiger partial charge < -0.3 is 9.80 Å². The van der Waals surface area contributed by atoms with E-state index in [1.165, 1.54) is 6.07 Å². The number of aryl methyl sites for hydroxylation is 3. The maximum atomic E-state index is 13.0. The molecule has 2 aromatic carbocycles. The standard InChI is InChI=1S/C21H25N3O4S/c1-15-4-7-19(17(3)12-15)22-29(27,28)20-13-18(6-5-16(20)2)21(26)24-10-8-23(14-25)9-11-24/h4-7,12-14,22H,8-11H2,1-3H3. The first-order chi connectivity index (χ1) is 13.7. The molecule has 1 aliphatic heterocycles. The topological polar surface area (TPSA) is 86.8 Å². The monoisotopic (exact) mass is 415 g/mol. The van der Waals surface area contributed by atoms with Gasteiger partial charge in [-0.15, -0.1) is 0 Å². The van der Waals surface area contributed by atoms with Crippen LogP contribution in [0.1, 0.15) is 27.0 Å². The van der Waals surface area contributed by atoms with E-state index >= 15 is 0 Å². The minimum Gasteiger partial charge on any atom is -0.342 e. The molecule has 29 heavy (non-hydrogen) atoms. The minimum absolute atomic E-state index is 0.0786. The van der Waals surface area contributed by atoms with E-state index in [1.807, 2.05) is 26.0 Å². The number of rotatable bonds is 5. The molecule has 8 heteroatoms. The van der Waals surface area contributed by atoms with Gasteiger partial charge in [-0.25, -0.2) is 8.42 Å². The van der Waals surface area contributed by atoms with E-state index in [0.717, 1.165) is 17.5 Å². The molecule has 0 bridgehead atoms. The molecule has 0 atom stereocenters. The van der Waals surface area contributed by atoms with E-state index in [1.54, 1.807) is 34.9 Å². The average molecular weight is 416 g/mol. The van der Waals surface area contributed by atoms with Crippen molar-refractivity contribution in [3.8, 4) is 0 Å². The molecule has 0 spiro atoms. The Morgan fingerprint density at radius 3 is 2.28 bits per heavy atom. The summed E-state index contributed by atoms with van der Waals surface area (Å²) in [6.07, 6.45) is 0.775. The minimum atomic E-state index is -3.85. The van der Waals surface area contributed by atoms with Crippen LogP contribution in [0.4, 0.5) is 5.69 Å². The Kier molecular flexibility index (Phi) is 5.93. The molecule has 1 saturated heterocycles. The molecule has 7 nitrogen and oxygen atoms in total. The van der Waals surface area contributed by atoms with Crippen molar-refractivity contribution in [1.82, 2.24) is 9.80 Å². The summed E-state index contributed by atoms with van der Waals surface area (Å²) in [4.78, 5) is 27.0. The molecule has 0 aromatic heterocycles. The summed E-state index contributed by atoms with van der Waals surface area (Å²) in [5.74, 6) is -0.237. The first-order valence-electron chi connectivity index (χ1n) is 9.40. The van der Waals surface area contributed by atoms with Crippen LogP contribution in [-0.2, 0) is 14.8 Å². The number of hydrogen-bond acceptors (Lipinski definition) is 4. The van der Waals surface area contributed by atoms with Crippen LogP contribution < -0.4 is 4.72 Å². The normalized spacial score (nSPS) is 14.6. The van der Waals surface area contributed by atoms with Gasteiger partial charge in [-0.1, -0.05) is 23.8 Å². The third-order valence-corrected chi connectivity index (χ3v) is 6.61. The molecule has 1 aliphatic rings. The lowest BCUT2D eigenvalue weighted by atomic mass is 10.1. The fourth-order valence-electron chi connectivity index (χ4n) is 3.36. The van der Waals surface area contributed by atoms with E-state index in [2.05, 4.69) is 4.72 Å². The highest BCUT2D eigenvalue weighted by atomic mass is 32.2. The average Bonchev–Trinajstić information content (AvgIpc) is 2.70. The molecule has 1 heterocycles. The van der Waals surface area contributed by atoms with Crippen LogP contribution in [0.5, 0.6) is 0 Å². The maximum absolute atomic E-state index is 13.0. The van der Waals surface area contributed by atoms with E-state index in [9.17, 15) is 18.0 Å². The Labute approximate surface area is 171 Å². The summed E-state index contributed by atoms with van der Waals surface area (Å²) in [5.41, 5.74) is 3.26. The zero-order valence-electron chi connectivity index (χ0n) is 16.8. The zero-order chi connectivity index (χ0) is 21.2. The van der Waals surface area contributed by atoms with Crippen molar-refractivity contribution in [2.75, 3.05) is 30.9 Å². The van der Waals surface area contributed by atoms with Gasteiger partial charge in [0, 0.05) is 31.7 Å². The predicted molar refractivity (Wildman–Crippen MR) is 111 cm³/mol. The summed E-state index contributed by atoms with van der Waals surface area (Å²) in [7, 11) is -3.85. The van der Waals surface area contributed by atoms with Gasteiger partial charge in [0.1, 0.15) is 0 Å². The van der Waals surface area contributed by atoms with Crippen LogP contribution in [0.3, 0.4) is 0 Å². The van der Waals surface area contributed by atoms with Crippen molar-refractivity contribution >= 4 is 28.0 Å². The zero-order valence-corrected chi connectivity index (χ0v) is 17.6. The number of sulfonamides is 1. The van der Waals surface area contributed by atoms with Crippen LogP contribution >= 0.6 is 0 Å². The SMILES string of the molecule is Cc1ccc(NS(=O)(=O)c2cc(C(=O)N3CCN(C=O)CC3)ccc2C)c(C)c1. The molecular formula is C21H25N3O4S. The van der Waals surface area contributed by atoms with E-state index in [0.29, 0.717) is 43.0 Å². The Morgan fingerprint density at radius 2 is 1.66 bits per heavy atom. The molecule has 154 valence electrons. The Bertz CT molecular complexity index is 1040. The Morgan fingerprint density at radius 1 is 0.966 bits per heavy atom. The molecule has 2 aromatic rings. The lowest BCUT2D eigenvalue weighted by molar-refractivity contribution is -0.119. The van der Waals surface area contributed by atoms with Gasteiger partial charge in [0.25, 0.3) is 15.9 Å². The lowest BCUT2D eigenvalue weighted by Gasteiger charge is -2.32. The van der Waals surface area contributed by atoms with Gasteiger partial charge in [-0.3, -0.25) is 14.3 Å². The third kappa shape index (κ3) is 4.59. The molecular weight excluding hydrogens is 390 g/mol. The van der Waals surface area contributed by atoms with Crippen molar-refractivity contribution in [1.29, 1.82) is 0 Å². The molecule has 0 saturated carbocycles. The molecule has 3 rings (SSSR count). The molecule has 1 fully saturated rings. The summed E-state index contributed by atoms with van der Waals surface area (Å²) < 4.78 is 28.7. The van der Waals surface area contributed by atoms with Gasteiger partial charge in [0.2, 0.25) is 6.41 Å². The number of anilines is 1.